The van der Waals surface area contributed by atoms with Crippen LogP contribution in [0.3, 0.4) is 0 Å². The fourth-order valence-corrected chi connectivity index (χ4v) is 3.11. The monoisotopic (exact) mass is 426 g/mol. The molecule has 0 radical (unpaired) electrons. The van der Waals surface area contributed by atoms with E-state index in [0.29, 0.717) is 18.7 Å². The Morgan fingerprint density at radius 1 is 1.03 bits per heavy atom. The number of carbonyl (C=O) groups is 1. The van der Waals surface area contributed by atoms with Crippen molar-refractivity contribution in [3.8, 4) is 11.5 Å². The summed E-state index contributed by atoms with van der Waals surface area (Å²) >= 11 is 0. The minimum atomic E-state index is -0.0955. The van der Waals surface area contributed by atoms with Crippen LogP contribution in [0.5, 0.6) is 11.5 Å². The van der Waals surface area contributed by atoms with Crippen LogP contribution in [-0.4, -0.2) is 45.7 Å². The zero-order valence-electron chi connectivity index (χ0n) is 19.0. The Hall–Kier alpha value is -3.22. The molecule has 0 aliphatic heterocycles. The Morgan fingerprint density at radius 3 is 2.58 bits per heavy atom. The minimum absolute atomic E-state index is 0.0955. The first-order valence-electron chi connectivity index (χ1n) is 10.7. The molecule has 0 aromatic heterocycles. The number of aliphatic imine (C=N–C) groups is 1. The van der Waals surface area contributed by atoms with E-state index in [1.807, 2.05) is 44.2 Å². The number of amides is 1. The molecule has 7 nitrogen and oxygen atoms in total. The third-order valence-electron chi connectivity index (χ3n) is 4.64. The van der Waals surface area contributed by atoms with E-state index in [1.54, 1.807) is 20.2 Å². The Bertz CT molecular complexity index is 868. The molecule has 2 aromatic rings. The summed E-state index contributed by atoms with van der Waals surface area (Å²) in [6, 6.07) is 13.6. The average molecular weight is 427 g/mol. The van der Waals surface area contributed by atoms with Crippen LogP contribution in [0.15, 0.2) is 47.5 Å². The van der Waals surface area contributed by atoms with Crippen LogP contribution >= 0.6 is 0 Å². The molecule has 2 rings (SSSR count). The lowest BCUT2D eigenvalue weighted by atomic mass is 10.1. The molecule has 3 N–H and O–H groups in total. The van der Waals surface area contributed by atoms with Crippen LogP contribution < -0.4 is 25.4 Å². The maximum atomic E-state index is 11.8. The molecule has 0 aliphatic carbocycles. The predicted octanol–water partition coefficient (Wildman–Crippen LogP) is 3.14. The number of nitrogens with one attached hydrogen (secondary N) is 3. The number of guanidine groups is 1. The number of methoxy groups -OCH3 is 1. The number of hydrogen-bond donors (Lipinski definition) is 3. The molecular weight excluding hydrogens is 392 g/mol. The molecule has 7 heteroatoms. The summed E-state index contributed by atoms with van der Waals surface area (Å²) in [5.41, 5.74) is 2.83. The van der Waals surface area contributed by atoms with E-state index >= 15 is 0 Å². The Morgan fingerprint density at radius 2 is 1.87 bits per heavy atom. The second kappa shape index (κ2) is 13.2. The number of benzene rings is 2. The molecule has 0 saturated carbocycles. The van der Waals surface area contributed by atoms with Crippen molar-refractivity contribution in [2.24, 2.45) is 4.99 Å². The molecule has 0 saturated heterocycles. The lowest BCUT2D eigenvalue weighted by molar-refractivity contribution is 0.0963. The third kappa shape index (κ3) is 7.85. The SMILES string of the molecule is CCNC(=NCc1cccc(C(=O)NC)c1)NCCCc1ccc(OC)c(OCC)c1. The van der Waals surface area contributed by atoms with Crippen molar-refractivity contribution in [1.29, 1.82) is 0 Å². The maximum Gasteiger partial charge on any atom is 0.251 e. The number of nitrogens with zero attached hydrogens (tertiary/aromatic N) is 1. The Balaban J connectivity index is 1.90. The van der Waals surface area contributed by atoms with E-state index in [1.165, 1.54) is 5.56 Å². The lowest BCUT2D eigenvalue weighted by Crippen LogP contribution is -2.37. The Kier molecular flexibility index (Phi) is 10.2. The van der Waals surface area contributed by atoms with Crippen LogP contribution in [0.4, 0.5) is 0 Å². The first-order chi connectivity index (χ1) is 15.1. The van der Waals surface area contributed by atoms with E-state index in [4.69, 9.17) is 9.47 Å². The number of rotatable bonds is 11. The fourth-order valence-electron chi connectivity index (χ4n) is 3.11. The van der Waals surface area contributed by atoms with Crippen LogP contribution in [0.25, 0.3) is 0 Å². The van der Waals surface area contributed by atoms with Gasteiger partial charge < -0.3 is 25.4 Å². The van der Waals surface area contributed by atoms with Crippen LogP contribution in [0.1, 0.15) is 41.8 Å². The van der Waals surface area contributed by atoms with Crippen LogP contribution in [0, 0.1) is 0 Å². The van der Waals surface area contributed by atoms with Gasteiger partial charge in [0, 0.05) is 25.7 Å². The van der Waals surface area contributed by atoms with Crippen molar-refractivity contribution in [1.82, 2.24) is 16.0 Å². The van der Waals surface area contributed by atoms with Gasteiger partial charge in [0.25, 0.3) is 5.91 Å². The Labute approximate surface area is 185 Å². The second-order valence-electron chi connectivity index (χ2n) is 6.92. The smallest absolute Gasteiger partial charge is 0.251 e. The summed E-state index contributed by atoms with van der Waals surface area (Å²) in [5.74, 6) is 2.20. The molecular formula is C24H34N4O3. The average Bonchev–Trinajstić information content (AvgIpc) is 2.80. The van der Waals surface area contributed by atoms with E-state index in [9.17, 15) is 4.79 Å². The topological polar surface area (TPSA) is 84.0 Å². The summed E-state index contributed by atoms with van der Waals surface area (Å²) in [5, 5.41) is 9.28. The zero-order chi connectivity index (χ0) is 22.5. The molecule has 0 atom stereocenters. The van der Waals surface area contributed by atoms with Crippen molar-refractivity contribution in [3.05, 3.63) is 59.2 Å². The van der Waals surface area contributed by atoms with E-state index in [-0.39, 0.29) is 5.91 Å². The zero-order valence-corrected chi connectivity index (χ0v) is 19.0. The first-order valence-corrected chi connectivity index (χ1v) is 10.7. The summed E-state index contributed by atoms with van der Waals surface area (Å²) in [6.45, 7) is 6.68. The van der Waals surface area contributed by atoms with Gasteiger partial charge in [0.1, 0.15) is 0 Å². The molecule has 0 fully saturated rings. The van der Waals surface area contributed by atoms with Gasteiger partial charge in [-0.3, -0.25) is 4.79 Å². The van der Waals surface area contributed by atoms with Gasteiger partial charge in [0.2, 0.25) is 0 Å². The predicted molar refractivity (Wildman–Crippen MR) is 125 cm³/mol. The normalized spacial score (nSPS) is 11.0. The highest BCUT2D eigenvalue weighted by molar-refractivity contribution is 5.94. The number of carbonyl (C=O) groups excluding carboxylic acids is 1. The van der Waals surface area contributed by atoms with Crippen molar-refractivity contribution >= 4 is 11.9 Å². The summed E-state index contributed by atoms with van der Waals surface area (Å²) < 4.78 is 11.0. The fraction of sp³-hybridized carbons (Fsp3) is 0.417. The van der Waals surface area contributed by atoms with Gasteiger partial charge in [-0.25, -0.2) is 4.99 Å². The van der Waals surface area contributed by atoms with Crippen LogP contribution in [-0.2, 0) is 13.0 Å². The summed E-state index contributed by atoms with van der Waals surface area (Å²) in [4.78, 5) is 16.4. The van der Waals surface area contributed by atoms with E-state index in [0.717, 1.165) is 49.0 Å². The van der Waals surface area contributed by atoms with Gasteiger partial charge in [-0.15, -0.1) is 0 Å². The molecule has 0 unspecified atom stereocenters. The highest BCUT2D eigenvalue weighted by Gasteiger charge is 2.06. The van der Waals surface area contributed by atoms with E-state index < -0.39 is 0 Å². The van der Waals surface area contributed by atoms with Crippen LogP contribution in [0.2, 0.25) is 0 Å². The van der Waals surface area contributed by atoms with Gasteiger partial charge in [-0.1, -0.05) is 18.2 Å². The molecule has 0 heterocycles. The van der Waals surface area contributed by atoms with Gasteiger partial charge in [0.15, 0.2) is 17.5 Å². The third-order valence-corrected chi connectivity index (χ3v) is 4.64. The largest absolute Gasteiger partial charge is 0.493 e. The van der Waals surface area contributed by atoms with Gasteiger partial charge in [-0.05, 0) is 62.1 Å². The van der Waals surface area contributed by atoms with Gasteiger partial charge >= 0.3 is 0 Å². The number of aryl methyl sites for hydroxylation is 1. The highest BCUT2D eigenvalue weighted by atomic mass is 16.5. The molecule has 0 aliphatic rings. The van der Waals surface area contributed by atoms with Gasteiger partial charge in [-0.2, -0.15) is 0 Å². The summed E-state index contributed by atoms with van der Waals surface area (Å²) in [7, 11) is 3.28. The van der Waals surface area contributed by atoms with Crippen molar-refractivity contribution < 1.29 is 14.3 Å². The quantitative estimate of drug-likeness (QED) is 0.292. The maximum absolute atomic E-state index is 11.8. The molecule has 1 amide bonds. The summed E-state index contributed by atoms with van der Waals surface area (Å²) in [6.07, 6.45) is 1.87. The lowest BCUT2D eigenvalue weighted by Gasteiger charge is -2.13. The molecule has 0 spiro atoms. The second-order valence-corrected chi connectivity index (χ2v) is 6.92. The molecule has 2 aromatic carbocycles. The molecule has 168 valence electrons. The standard InChI is InChI=1S/C24H34N4O3/c1-5-26-24(28-17-19-9-7-11-20(15-19)23(29)25-3)27-14-8-10-18-12-13-21(30-4)22(16-18)31-6-2/h7,9,11-13,15-16H,5-6,8,10,14,17H2,1-4H3,(H,25,29)(H2,26,27,28). The molecule has 0 bridgehead atoms. The highest BCUT2D eigenvalue weighted by Crippen LogP contribution is 2.28. The number of ether oxygens (including phenoxy) is 2. The van der Waals surface area contributed by atoms with E-state index in [2.05, 4.69) is 27.0 Å². The molecule has 31 heavy (non-hydrogen) atoms. The number of hydrogen-bond acceptors (Lipinski definition) is 4. The first kappa shape index (κ1) is 24.1. The van der Waals surface area contributed by atoms with Gasteiger partial charge in [0.05, 0.1) is 20.3 Å². The minimum Gasteiger partial charge on any atom is -0.493 e. The van der Waals surface area contributed by atoms with Crippen molar-refractivity contribution in [2.75, 3.05) is 33.9 Å². The van der Waals surface area contributed by atoms with Crippen molar-refractivity contribution in [2.45, 2.75) is 33.2 Å². The van der Waals surface area contributed by atoms with Crippen molar-refractivity contribution in [3.63, 3.8) is 0 Å².